The number of nitrogens with zero attached hydrogens (tertiary/aromatic N) is 1. The molecule has 0 aromatic heterocycles. The number of carbonyl (C=O) groups excluding carboxylic acids is 2. The van der Waals surface area contributed by atoms with Gasteiger partial charge in [-0.2, -0.15) is 0 Å². The molecular weight excluding hydrogens is 270 g/mol. The first kappa shape index (κ1) is 16.1. The minimum Gasteiger partial charge on any atom is -0.481 e. The number of carboxylic acid groups (broad SMARTS) is 2. The van der Waals surface area contributed by atoms with Crippen LogP contribution >= 0.6 is 0 Å². The van der Waals surface area contributed by atoms with Crippen LogP contribution in [-0.4, -0.2) is 49.7 Å². The van der Waals surface area contributed by atoms with Crippen LogP contribution < -0.4 is 0 Å². The first-order valence-electron chi connectivity index (χ1n) is 6.32. The number of unbranched alkanes of at least 4 members (excludes halogenated alkanes) is 2. The van der Waals surface area contributed by atoms with Crippen LogP contribution in [-0.2, 0) is 19.2 Å². The first-order chi connectivity index (χ1) is 9.29. The van der Waals surface area contributed by atoms with Crippen molar-refractivity contribution in [1.82, 2.24) is 4.90 Å². The van der Waals surface area contributed by atoms with E-state index >= 15 is 0 Å². The van der Waals surface area contributed by atoms with E-state index in [4.69, 9.17) is 10.2 Å². The van der Waals surface area contributed by atoms with Crippen LogP contribution in [0.25, 0.3) is 0 Å². The van der Waals surface area contributed by atoms with E-state index in [1.165, 1.54) is 0 Å². The van der Waals surface area contributed by atoms with E-state index in [0.717, 1.165) is 0 Å². The summed E-state index contributed by atoms with van der Waals surface area (Å²) in [6.07, 6.45) is 0.367. The van der Waals surface area contributed by atoms with Gasteiger partial charge in [-0.05, 0) is 12.8 Å². The molecule has 0 aliphatic carbocycles. The van der Waals surface area contributed by atoms with Gasteiger partial charge in [-0.3, -0.25) is 14.4 Å². The molecule has 8 heteroatoms. The van der Waals surface area contributed by atoms with Crippen molar-refractivity contribution in [3.05, 3.63) is 0 Å². The van der Waals surface area contributed by atoms with Crippen molar-refractivity contribution in [3.63, 3.8) is 0 Å². The normalized spacial score (nSPS) is 18.1. The number of rotatable bonds is 8. The van der Waals surface area contributed by atoms with Crippen LogP contribution in [0, 0.1) is 0 Å². The molecule has 1 saturated heterocycles. The van der Waals surface area contributed by atoms with Crippen molar-refractivity contribution >= 4 is 23.8 Å². The second-order valence-corrected chi connectivity index (χ2v) is 4.70. The lowest BCUT2D eigenvalue weighted by Gasteiger charge is -2.31. The molecule has 0 spiro atoms. The Hall–Kier alpha value is -1.96. The second kappa shape index (κ2) is 6.47. The Bertz CT molecular complexity index is 418. The van der Waals surface area contributed by atoms with E-state index < -0.39 is 29.5 Å². The summed E-state index contributed by atoms with van der Waals surface area (Å²) in [6.45, 7) is 0. The van der Waals surface area contributed by atoms with Crippen molar-refractivity contribution in [2.24, 2.45) is 0 Å². The van der Waals surface area contributed by atoms with Crippen molar-refractivity contribution in [2.75, 3.05) is 0 Å². The molecule has 1 rings (SSSR count). The molecule has 2 amide bonds. The maximum absolute atomic E-state index is 11.5. The lowest BCUT2D eigenvalue weighted by molar-refractivity contribution is -0.190. The summed E-state index contributed by atoms with van der Waals surface area (Å²) in [5, 5.41) is 27.7. The molecule has 112 valence electrons. The molecule has 1 aliphatic rings. The highest BCUT2D eigenvalue weighted by atomic mass is 16.4. The largest absolute Gasteiger partial charge is 0.481 e. The van der Waals surface area contributed by atoms with Gasteiger partial charge in [0.1, 0.15) is 0 Å². The van der Waals surface area contributed by atoms with E-state index in [9.17, 15) is 24.3 Å². The van der Waals surface area contributed by atoms with Gasteiger partial charge in [-0.1, -0.05) is 6.42 Å². The third-order valence-corrected chi connectivity index (χ3v) is 3.18. The smallest absolute Gasteiger partial charge is 0.357 e. The fourth-order valence-electron chi connectivity index (χ4n) is 2.13. The Labute approximate surface area is 115 Å². The Kier molecular flexibility index (Phi) is 5.20. The Morgan fingerprint density at radius 3 is 2.05 bits per heavy atom. The Balaban J connectivity index is 2.63. The van der Waals surface area contributed by atoms with Crippen LogP contribution in [0.15, 0.2) is 0 Å². The molecule has 20 heavy (non-hydrogen) atoms. The molecule has 0 aromatic carbocycles. The van der Waals surface area contributed by atoms with E-state index in [2.05, 4.69) is 0 Å². The van der Waals surface area contributed by atoms with Crippen molar-refractivity contribution in [1.29, 1.82) is 0 Å². The van der Waals surface area contributed by atoms with Crippen molar-refractivity contribution < 1.29 is 34.5 Å². The lowest BCUT2D eigenvalue weighted by Crippen LogP contribution is -2.57. The van der Waals surface area contributed by atoms with E-state index in [1.54, 1.807) is 0 Å². The number of hydrogen-bond acceptors (Lipinski definition) is 5. The summed E-state index contributed by atoms with van der Waals surface area (Å²) in [5.74, 6) is -4.02. The summed E-state index contributed by atoms with van der Waals surface area (Å²) in [4.78, 5) is 44.9. The fourth-order valence-corrected chi connectivity index (χ4v) is 2.13. The van der Waals surface area contributed by atoms with Gasteiger partial charge >= 0.3 is 11.9 Å². The van der Waals surface area contributed by atoms with Gasteiger partial charge in [0.25, 0.3) is 0 Å². The summed E-state index contributed by atoms with van der Waals surface area (Å²) in [5.41, 5.74) is -2.53. The number of aliphatic hydroxyl groups is 1. The predicted molar refractivity (Wildman–Crippen MR) is 64.4 cm³/mol. The number of likely N-dealkylation sites (tertiary alicyclic amines) is 1. The zero-order valence-electron chi connectivity index (χ0n) is 10.9. The zero-order chi connectivity index (χ0) is 15.3. The van der Waals surface area contributed by atoms with Gasteiger partial charge in [-0.15, -0.1) is 0 Å². The number of carboxylic acids is 2. The number of amides is 2. The number of hydrogen-bond donors (Lipinski definition) is 3. The monoisotopic (exact) mass is 287 g/mol. The molecule has 3 N–H and O–H groups in total. The molecular formula is C12H17NO7. The Morgan fingerprint density at radius 2 is 1.60 bits per heavy atom. The van der Waals surface area contributed by atoms with E-state index in [1.807, 2.05) is 0 Å². The molecule has 1 atom stereocenters. The number of aliphatic carboxylic acids is 2. The molecule has 0 saturated carbocycles. The molecule has 0 bridgehead atoms. The minimum atomic E-state index is -2.53. The first-order valence-corrected chi connectivity index (χ1v) is 6.32. The van der Waals surface area contributed by atoms with Crippen LogP contribution in [0.5, 0.6) is 0 Å². The fraction of sp³-hybridized carbons (Fsp3) is 0.667. The van der Waals surface area contributed by atoms with E-state index in [0.29, 0.717) is 17.7 Å². The van der Waals surface area contributed by atoms with Crippen molar-refractivity contribution in [3.8, 4) is 0 Å². The average molecular weight is 287 g/mol. The predicted octanol–water partition coefficient (Wildman–Crippen LogP) is -0.0563. The molecule has 1 fully saturated rings. The van der Waals surface area contributed by atoms with E-state index in [-0.39, 0.29) is 32.1 Å². The number of carbonyl (C=O) groups is 4. The number of imide groups is 1. The zero-order valence-corrected chi connectivity index (χ0v) is 10.9. The van der Waals surface area contributed by atoms with Crippen LogP contribution in [0.4, 0.5) is 0 Å². The summed E-state index contributed by atoms with van der Waals surface area (Å²) < 4.78 is 0. The van der Waals surface area contributed by atoms with Gasteiger partial charge in [0.05, 0.1) is 0 Å². The van der Waals surface area contributed by atoms with Gasteiger partial charge in [0.15, 0.2) is 0 Å². The SMILES string of the molecule is O=C(O)CCCCCC(O)(C(=O)O)N1C(=O)CCC1=O. The molecule has 0 aromatic rings. The van der Waals surface area contributed by atoms with Crippen LogP contribution in [0.2, 0.25) is 0 Å². The second-order valence-electron chi connectivity index (χ2n) is 4.70. The lowest BCUT2D eigenvalue weighted by atomic mass is 10.0. The quantitative estimate of drug-likeness (QED) is 0.421. The highest BCUT2D eigenvalue weighted by Crippen LogP contribution is 2.27. The third kappa shape index (κ3) is 3.53. The topological polar surface area (TPSA) is 132 Å². The maximum atomic E-state index is 11.5. The van der Waals surface area contributed by atoms with Gasteiger partial charge in [-0.25, -0.2) is 9.69 Å². The van der Waals surface area contributed by atoms with Gasteiger partial charge in [0.2, 0.25) is 17.5 Å². The molecule has 0 radical (unpaired) electrons. The third-order valence-electron chi connectivity index (χ3n) is 3.18. The Morgan fingerprint density at radius 1 is 1.05 bits per heavy atom. The van der Waals surface area contributed by atoms with Gasteiger partial charge < -0.3 is 15.3 Å². The molecule has 1 unspecified atom stereocenters. The molecule has 8 nitrogen and oxygen atoms in total. The molecule has 1 heterocycles. The highest BCUT2D eigenvalue weighted by molar-refractivity contribution is 6.05. The van der Waals surface area contributed by atoms with Crippen LogP contribution in [0.3, 0.4) is 0 Å². The van der Waals surface area contributed by atoms with Crippen LogP contribution in [0.1, 0.15) is 44.9 Å². The van der Waals surface area contributed by atoms with Gasteiger partial charge in [0, 0.05) is 25.7 Å². The summed E-state index contributed by atoms with van der Waals surface area (Å²) in [7, 11) is 0. The highest BCUT2D eigenvalue weighted by Gasteiger charge is 2.50. The van der Waals surface area contributed by atoms with Crippen molar-refractivity contribution in [2.45, 2.75) is 50.7 Å². The maximum Gasteiger partial charge on any atom is 0.357 e. The molecule has 1 aliphatic heterocycles. The summed E-state index contributed by atoms with van der Waals surface area (Å²) >= 11 is 0. The minimum absolute atomic E-state index is 0.0485. The summed E-state index contributed by atoms with van der Waals surface area (Å²) in [6, 6.07) is 0. The average Bonchev–Trinajstić information content (AvgIpc) is 2.68. The standard InChI is InChI=1S/C12H17NO7/c14-8-5-6-9(15)13(8)12(20,11(18)19)7-3-1-2-4-10(16)17/h20H,1-7H2,(H,16,17)(H,18,19).